The van der Waals surface area contributed by atoms with Gasteiger partial charge >= 0.3 is 0 Å². The van der Waals surface area contributed by atoms with Gasteiger partial charge < -0.3 is 9.47 Å². The van der Waals surface area contributed by atoms with Crippen molar-refractivity contribution in [3.05, 3.63) is 24.3 Å². The summed E-state index contributed by atoms with van der Waals surface area (Å²) in [7, 11) is 1.79. The lowest BCUT2D eigenvalue weighted by atomic mass is 10.2. The van der Waals surface area contributed by atoms with Crippen molar-refractivity contribution in [3.63, 3.8) is 0 Å². The molecule has 1 rings (SSSR count). The fourth-order valence-electron chi connectivity index (χ4n) is 1.77. The third-order valence-electron chi connectivity index (χ3n) is 2.85. The summed E-state index contributed by atoms with van der Waals surface area (Å²) in [5, 5.41) is 0. The maximum Gasteiger partial charge on any atom is 0.232 e. The molecule has 0 aliphatic heterocycles. The molecule has 0 saturated carbocycles. The van der Waals surface area contributed by atoms with E-state index in [-0.39, 0.29) is 5.75 Å². The highest BCUT2D eigenvalue weighted by molar-refractivity contribution is 8.13. The molecule has 1 aromatic rings. The molecule has 0 aliphatic carbocycles. The number of rotatable bonds is 11. The first-order valence-corrected chi connectivity index (χ1v) is 9.77. The van der Waals surface area contributed by atoms with E-state index in [0.717, 1.165) is 43.8 Å². The lowest BCUT2D eigenvalue weighted by Gasteiger charge is -2.08. The molecule has 0 radical (unpaired) electrons. The molecule has 0 atom stereocenters. The van der Waals surface area contributed by atoms with Crippen molar-refractivity contribution < 1.29 is 17.9 Å². The van der Waals surface area contributed by atoms with E-state index in [1.54, 1.807) is 0 Å². The number of halogens is 1. The lowest BCUT2D eigenvalue weighted by Crippen LogP contribution is -2.00. The fraction of sp³-hybridized carbons (Fsp3) is 0.600. The van der Waals surface area contributed by atoms with E-state index in [1.165, 1.54) is 0 Å². The predicted octanol–water partition coefficient (Wildman–Crippen LogP) is 3.98. The fourth-order valence-corrected chi connectivity index (χ4v) is 2.65. The van der Waals surface area contributed by atoms with Crippen LogP contribution in [0.15, 0.2) is 24.3 Å². The zero-order valence-corrected chi connectivity index (χ0v) is 14.0. The normalized spacial score (nSPS) is 11.3. The van der Waals surface area contributed by atoms with Crippen molar-refractivity contribution in [2.75, 3.05) is 19.0 Å². The Labute approximate surface area is 131 Å². The summed E-state index contributed by atoms with van der Waals surface area (Å²) >= 11 is 0. The SMILES string of the molecule is CCCOc1ccc(OCCCCCCS(=O)(=O)Cl)cc1. The van der Waals surface area contributed by atoms with Crippen LogP contribution in [0.3, 0.4) is 0 Å². The Hall–Kier alpha value is -0.940. The van der Waals surface area contributed by atoms with Crippen LogP contribution >= 0.6 is 10.7 Å². The third kappa shape index (κ3) is 9.58. The zero-order valence-electron chi connectivity index (χ0n) is 12.4. The Morgan fingerprint density at radius 3 is 1.95 bits per heavy atom. The molecule has 21 heavy (non-hydrogen) atoms. The van der Waals surface area contributed by atoms with Crippen molar-refractivity contribution in [2.24, 2.45) is 0 Å². The molecule has 0 N–H and O–H groups in total. The van der Waals surface area contributed by atoms with Gasteiger partial charge in [0, 0.05) is 10.7 Å². The summed E-state index contributed by atoms with van der Waals surface area (Å²) in [5.74, 6) is 1.72. The number of hydrogen-bond acceptors (Lipinski definition) is 4. The van der Waals surface area contributed by atoms with Crippen LogP contribution in [0.4, 0.5) is 0 Å². The van der Waals surface area contributed by atoms with Gasteiger partial charge in [0.1, 0.15) is 11.5 Å². The van der Waals surface area contributed by atoms with Crippen LogP contribution in [0.5, 0.6) is 11.5 Å². The molecule has 0 aromatic heterocycles. The zero-order chi connectivity index (χ0) is 15.6. The molecule has 6 heteroatoms. The molecule has 1 aromatic carbocycles. The molecule has 0 aliphatic rings. The molecular weight excluding hydrogens is 312 g/mol. The van der Waals surface area contributed by atoms with Crippen LogP contribution in [-0.4, -0.2) is 27.4 Å². The van der Waals surface area contributed by atoms with Gasteiger partial charge in [-0.05, 0) is 43.5 Å². The quantitative estimate of drug-likeness (QED) is 0.453. The van der Waals surface area contributed by atoms with Crippen molar-refractivity contribution >= 4 is 19.7 Å². The molecule has 4 nitrogen and oxygen atoms in total. The van der Waals surface area contributed by atoms with Gasteiger partial charge in [-0.1, -0.05) is 19.8 Å². The van der Waals surface area contributed by atoms with Crippen LogP contribution in [0, 0.1) is 0 Å². The van der Waals surface area contributed by atoms with Gasteiger partial charge in [-0.15, -0.1) is 0 Å². The van der Waals surface area contributed by atoms with Crippen molar-refractivity contribution in [3.8, 4) is 11.5 Å². The van der Waals surface area contributed by atoms with Crippen LogP contribution in [-0.2, 0) is 9.05 Å². The summed E-state index contributed by atoms with van der Waals surface area (Å²) in [4.78, 5) is 0. The average molecular weight is 335 g/mol. The van der Waals surface area contributed by atoms with E-state index in [1.807, 2.05) is 24.3 Å². The van der Waals surface area contributed by atoms with E-state index in [2.05, 4.69) is 6.92 Å². The standard InChI is InChI=1S/C15H23ClO4S/c1-2-11-19-14-7-9-15(10-8-14)20-12-5-3-4-6-13-21(16,17)18/h7-10H,2-6,11-13H2,1H3. The second-order valence-electron chi connectivity index (χ2n) is 4.83. The number of benzene rings is 1. The van der Waals surface area contributed by atoms with Gasteiger partial charge in [0.05, 0.1) is 19.0 Å². The topological polar surface area (TPSA) is 52.6 Å². The van der Waals surface area contributed by atoms with Crippen molar-refractivity contribution in [1.82, 2.24) is 0 Å². The van der Waals surface area contributed by atoms with Gasteiger partial charge in [-0.3, -0.25) is 0 Å². The van der Waals surface area contributed by atoms with E-state index in [9.17, 15) is 8.42 Å². The van der Waals surface area contributed by atoms with Crippen LogP contribution in [0.2, 0.25) is 0 Å². The number of unbranched alkanes of at least 4 members (excludes halogenated alkanes) is 3. The maximum absolute atomic E-state index is 10.7. The largest absolute Gasteiger partial charge is 0.494 e. The maximum atomic E-state index is 10.7. The number of ether oxygens (including phenoxy) is 2. The Kier molecular flexibility index (Phi) is 8.54. The lowest BCUT2D eigenvalue weighted by molar-refractivity contribution is 0.301. The van der Waals surface area contributed by atoms with Gasteiger partial charge in [0.2, 0.25) is 9.05 Å². The first kappa shape index (κ1) is 18.1. The molecule has 0 bridgehead atoms. The third-order valence-corrected chi connectivity index (χ3v) is 4.09. The molecular formula is C15H23ClO4S. The Morgan fingerprint density at radius 1 is 0.905 bits per heavy atom. The Balaban J connectivity index is 2.10. The molecule has 0 fully saturated rings. The minimum absolute atomic E-state index is 0.0502. The Morgan fingerprint density at radius 2 is 1.43 bits per heavy atom. The van der Waals surface area contributed by atoms with Crippen LogP contribution in [0.25, 0.3) is 0 Å². The highest BCUT2D eigenvalue weighted by Crippen LogP contribution is 2.18. The molecule has 0 spiro atoms. The highest BCUT2D eigenvalue weighted by atomic mass is 35.7. The van der Waals surface area contributed by atoms with Crippen molar-refractivity contribution in [2.45, 2.75) is 39.0 Å². The van der Waals surface area contributed by atoms with E-state index in [0.29, 0.717) is 13.0 Å². The van der Waals surface area contributed by atoms with Gasteiger partial charge in [0.25, 0.3) is 0 Å². The summed E-state index contributed by atoms with van der Waals surface area (Å²) in [5.41, 5.74) is 0. The van der Waals surface area contributed by atoms with E-state index < -0.39 is 9.05 Å². The average Bonchev–Trinajstić information content (AvgIpc) is 2.44. The van der Waals surface area contributed by atoms with Gasteiger partial charge in [-0.25, -0.2) is 8.42 Å². The summed E-state index contributed by atoms with van der Waals surface area (Å²) in [6.07, 6.45) is 4.28. The minimum Gasteiger partial charge on any atom is -0.494 e. The summed E-state index contributed by atoms with van der Waals surface area (Å²) in [6.45, 7) is 3.42. The van der Waals surface area contributed by atoms with Crippen molar-refractivity contribution in [1.29, 1.82) is 0 Å². The second-order valence-corrected chi connectivity index (χ2v) is 7.72. The summed E-state index contributed by atoms with van der Waals surface area (Å²) < 4.78 is 32.6. The second kappa shape index (κ2) is 9.90. The monoisotopic (exact) mass is 334 g/mol. The summed E-state index contributed by atoms with van der Waals surface area (Å²) in [6, 6.07) is 7.59. The Bertz CT molecular complexity index is 485. The van der Waals surface area contributed by atoms with Gasteiger partial charge in [-0.2, -0.15) is 0 Å². The highest BCUT2D eigenvalue weighted by Gasteiger charge is 2.03. The minimum atomic E-state index is -3.34. The van der Waals surface area contributed by atoms with Crippen LogP contribution < -0.4 is 9.47 Å². The van der Waals surface area contributed by atoms with E-state index in [4.69, 9.17) is 20.2 Å². The first-order chi connectivity index (χ1) is 10.0. The molecule has 0 unspecified atom stereocenters. The molecule has 0 amide bonds. The van der Waals surface area contributed by atoms with Gasteiger partial charge in [0.15, 0.2) is 0 Å². The van der Waals surface area contributed by atoms with Crippen LogP contribution in [0.1, 0.15) is 39.0 Å². The molecule has 0 heterocycles. The molecule has 120 valence electrons. The first-order valence-electron chi connectivity index (χ1n) is 7.29. The van der Waals surface area contributed by atoms with E-state index >= 15 is 0 Å². The predicted molar refractivity (Wildman–Crippen MR) is 85.8 cm³/mol. The smallest absolute Gasteiger partial charge is 0.232 e. The molecule has 0 saturated heterocycles. The number of hydrogen-bond donors (Lipinski definition) is 0.